The van der Waals surface area contributed by atoms with Crippen molar-refractivity contribution < 1.29 is 18.7 Å². The van der Waals surface area contributed by atoms with Gasteiger partial charge < -0.3 is 15.4 Å². The van der Waals surface area contributed by atoms with Crippen LogP contribution in [0.1, 0.15) is 16.7 Å². The van der Waals surface area contributed by atoms with Crippen molar-refractivity contribution >= 4 is 17.7 Å². The van der Waals surface area contributed by atoms with E-state index in [-0.39, 0.29) is 13.0 Å². The maximum absolute atomic E-state index is 13.6. The van der Waals surface area contributed by atoms with E-state index in [2.05, 4.69) is 10.6 Å². The van der Waals surface area contributed by atoms with E-state index >= 15 is 0 Å². The average molecular weight is 406 g/mol. The molecule has 2 N–H and O–H groups in total. The van der Waals surface area contributed by atoms with Gasteiger partial charge in [0.05, 0.1) is 0 Å². The predicted molar refractivity (Wildman–Crippen MR) is 113 cm³/mol. The number of alkyl carbamates (subject to hydrolysis) is 1. The van der Waals surface area contributed by atoms with Gasteiger partial charge in [-0.15, -0.1) is 0 Å². The maximum Gasteiger partial charge on any atom is 0.408 e. The number of halogens is 1. The summed E-state index contributed by atoms with van der Waals surface area (Å²) in [5.41, 5.74) is 2.79. The van der Waals surface area contributed by atoms with E-state index in [0.717, 1.165) is 16.7 Å². The van der Waals surface area contributed by atoms with Crippen molar-refractivity contribution in [2.75, 3.05) is 5.32 Å². The largest absolute Gasteiger partial charge is 0.445 e. The number of carbonyl (C=O) groups excluding carboxylic acids is 2. The molecule has 0 saturated heterocycles. The van der Waals surface area contributed by atoms with E-state index < -0.39 is 23.9 Å². The van der Waals surface area contributed by atoms with Gasteiger partial charge in [0, 0.05) is 12.1 Å². The van der Waals surface area contributed by atoms with E-state index in [0.29, 0.717) is 5.69 Å². The van der Waals surface area contributed by atoms with Gasteiger partial charge in [-0.3, -0.25) is 4.79 Å². The molecule has 2 amide bonds. The number of ether oxygens (including phenoxy) is 1. The smallest absolute Gasteiger partial charge is 0.408 e. The normalized spacial score (nSPS) is 11.4. The number of amides is 2. The lowest BCUT2D eigenvalue weighted by molar-refractivity contribution is -0.118. The minimum Gasteiger partial charge on any atom is -0.445 e. The number of carbonyl (C=O) groups is 2. The second-order valence-corrected chi connectivity index (χ2v) is 6.90. The molecular formula is C24H23FN2O3. The zero-order chi connectivity index (χ0) is 21.3. The summed E-state index contributed by atoms with van der Waals surface area (Å²) in [5, 5.41) is 5.32. The topological polar surface area (TPSA) is 67.4 Å². The highest BCUT2D eigenvalue weighted by atomic mass is 19.1. The van der Waals surface area contributed by atoms with Gasteiger partial charge in [0.15, 0.2) is 0 Å². The van der Waals surface area contributed by atoms with Crippen molar-refractivity contribution in [3.05, 3.63) is 101 Å². The Kier molecular flexibility index (Phi) is 7.16. The number of aryl methyl sites for hydroxylation is 1. The summed E-state index contributed by atoms with van der Waals surface area (Å²) in [4.78, 5) is 25.2. The number of nitrogens with one attached hydrogen (secondary N) is 2. The Morgan fingerprint density at radius 2 is 1.57 bits per heavy atom. The Morgan fingerprint density at radius 3 is 2.23 bits per heavy atom. The summed E-state index contributed by atoms with van der Waals surface area (Å²) in [6.07, 6.45) is -0.438. The van der Waals surface area contributed by atoms with E-state index in [1.165, 1.54) is 12.1 Å². The van der Waals surface area contributed by atoms with Gasteiger partial charge in [-0.1, -0.05) is 66.7 Å². The van der Waals surface area contributed by atoms with Crippen LogP contribution in [0, 0.1) is 12.7 Å². The fourth-order valence-corrected chi connectivity index (χ4v) is 2.91. The van der Waals surface area contributed by atoms with Crippen LogP contribution in [-0.2, 0) is 22.6 Å². The molecule has 1 atom stereocenters. The number of hydrogen-bond donors (Lipinski definition) is 2. The number of hydrogen-bond acceptors (Lipinski definition) is 3. The molecule has 6 heteroatoms. The zero-order valence-electron chi connectivity index (χ0n) is 16.6. The summed E-state index contributed by atoms with van der Waals surface area (Å²) in [6, 6.07) is 21.8. The summed E-state index contributed by atoms with van der Waals surface area (Å²) >= 11 is 0. The molecular weight excluding hydrogens is 383 g/mol. The minimum absolute atomic E-state index is 0.0926. The molecule has 0 saturated carbocycles. The van der Waals surface area contributed by atoms with E-state index in [1.54, 1.807) is 13.0 Å². The van der Waals surface area contributed by atoms with Crippen molar-refractivity contribution in [3.63, 3.8) is 0 Å². The molecule has 1 unspecified atom stereocenters. The fourth-order valence-electron chi connectivity index (χ4n) is 2.91. The molecule has 3 rings (SSSR count). The Bertz CT molecular complexity index is 994. The first-order chi connectivity index (χ1) is 14.5. The Hall–Kier alpha value is -3.67. The Balaban J connectivity index is 1.69. The molecule has 0 aromatic heterocycles. The SMILES string of the molecule is Cc1ccc(F)cc1NC(=O)C(Cc1ccccc1)NC(=O)OCc1ccccc1. The third kappa shape index (κ3) is 6.17. The van der Waals surface area contributed by atoms with Gasteiger partial charge in [0.1, 0.15) is 18.5 Å². The van der Waals surface area contributed by atoms with Crippen molar-refractivity contribution in [1.82, 2.24) is 5.32 Å². The van der Waals surface area contributed by atoms with Crippen molar-refractivity contribution in [1.29, 1.82) is 0 Å². The molecule has 5 nitrogen and oxygen atoms in total. The Morgan fingerprint density at radius 1 is 0.933 bits per heavy atom. The van der Waals surface area contributed by atoms with Gasteiger partial charge in [-0.25, -0.2) is 9.18 Å². The highest BCUT2D eigenvalue weighted by Crippen LogP contribution is 2.17. The van der Waals surface area contributed by atoms with Gasteiger partial charge in [-0.2, -0.15) is 0 Å². The van der Waals surface area contributed by atoms with Crippen molar-refractivity contribution in [2.45, 2.75) is 26.0 Å². The molecule has 0 aliphatic carbocycles. The van der Waals surface area contributed by atoms with Gasteiger partial charge in [0.25, 0.3) is 0 Å². The van der Waals surface area contributed by atoms with Gasteiger partial charge >= 0.3 is 6.09 Å². The molecule has 154 valence electrons. The van der Waals surface area contributed by atoms with Crippen LogP contribution >= 0.6 is 0 Å². The molecule has 3 aromatic rings. The number of anilines is 1. The first kappa shape index (κ1) is 21.0. The third-order valence-corrected chi connectivity index (χ3v) is 4.56. The molecule has 0 bridgehead atoms. The standard InChI is InChI=1S/C24H23FN2O3/c1-17-12-13-20(25)15-21(17)26-23(28)22(14-18-8-4-2-5-9-18)27-24(29)30-16-19-10-6-3-7-11-19/h2-13,15,22H,14,16H2,1H3,(H,26,28)(H,27,29). The molecule has 0 heterocycles. The van der Waals surface area contributed by atoms with Crippen LogP contribution in [0.3, 0.4) is 0 Å². The third-order valence-electron chi connectivity index (χ3n) is 4.56. The zero-order valence-corrected chi connectivity index (χ0v) is 16.6. The highest BCUT2D eigenvalue weighted by molar-refractivity contribution is 5.97. The highest BCUT2D eigenvalue weighted by Gasteiger charge is 2.23. The molecule has 0 fully saturated rings. The van der Waals surface area contributed by atoms with Crippen LogP contribution in [0.4, 0.5) is 14.9 Å². The average Bonchev–Trinajstić information content (AvgIpc) is 2.76. The lowest BCUT2D eigenvalue weighted by atomic mass is 10.0. The maximum atomic E-state index is 13.6. The molecule has 0 aliphatic heterocycles. The first-order valence-electron chi connectivity index (χ1n) is 9.59. The van der Waals surface area contributed by atoms with Crippen LogP contribution in [0.15, 0.2) is 78.9 Å². The van der Waals surface area contributed by atoms with Crippen LogP contribution in [0.25, 0.3) is 0 Å². The van der Waals surface area contributed by atoms with Crippen LogP contribution in [0.2, 0.25) is 0 Å². The summed E-state index contributed by atoms with van der Waals surface area (Å²) < 4.78 is 18.8. The molecule has 3 aromatic carbocycles. The van der Waals surface area contributed by atoms with E-state index in [9.17, 15) is 14.0 Å². The van der Waals surface area contributed by atoms with Gasteiger partial charge in [-0.05, 0) is 35.7 Å². The second-order valence-electron chi connectivity index (χ2n) is 6.90. The molecule has 30 heavy (non-hydrogen) atoms. The van der Waals surface area contributed by atoms with Gasteiger partial charge in [0.2, 0.25) is 5.91 Å². The van der Waals surface area contributed by atoms with Crippen LogP contribution < -0.4 is 10.6 Å². The molecule has 0 radical (unpaired) electrons. The van der Waals surface area contributed by atoms with Crippen molar-refractivity contribution in [3.8, 4) is 0 Å². The predicted octanol–water partition coefficient (Wildman–Crippen LogP) is 4.61. The van der Waals surface area contributed by atoms with Crippen LogP contribution in [0.5, 0.6) is 0 Å². The van der Waals surface area contributed by atoms with E-state index in [4.69, 9.17) is 4.74 Å². The molecule has 0 spiro atoms. The number of benzene rings is 3. The summed E-state index contributed by atoms with van der Waals surface area (Å²) in [7, 11) is 0. The summed E-state index contributed by atoms with van der Waals surface area (Å²) in [6.45, 7) is 1.86. The lowest BCUT2D eigenvalue weighted by Crippen LogP contribution is -2.45. The number of rotatable bonds is 7. The lowest BCUT2D eigenvalue weighted by Gasteiger charge is -2.19. The van der Waals surface area contributed by atoms with Crippen LogP contribution in [-0.4, -0.2) is 18.0 Å². The van der Waals surface area contributed by atoms with E-state index in [1.807, 2.05) is 60.7 Å². The minimum atomic E-state index is -0.890. The Labute approximate surface area is 174 Å². The molecule has 0 aliphatic rings. The second kappa shape index (κ2) is 10.2. The quantitative estimate of drug-likeness (QED) is 0.602. The first-order valence-corrected chi connectivity index (χ1v) is 9.59. The monoisotopic (exact) mass is 406 g/mol. The van der Waals surface area contributed by atoms with Crippen molar-refractivity contribution in [2.24, 2.45) is 0 Å². The summed E-state index contributed by atoms with van der Waals surface area (Å²) in [5.74, 6) is -0.907. The fraction of sp³-hybridized carbons (Fsp3) is 0.167.